The number of esters is 2. The van der Waals surface area contributed by atoms with E-state index in [1.165, 1.54) is 6.92 Å². The molecule has 25 heavy (non-hydrogen) atoms. The average molecular weight is 352 g/mol. The van der Waals surface area contributed by atoms with Crippen LogP contribution in [-0.2, 0) is 33.3 Å². The summed E-state index contributed by atoms with van der Waals surface area (Å²) in [5.41, 5.74) is 0.354. The summed E-state index contributed by atoms with van der Waals surface area (Å²) in [6.07, 6.45) is -3.03. The second-order valence-electron chi connectivity index (χ2n) is 5.81. The minimum Gasteiger partial charge on any atom is -0.458 e. The molecule has 0 spiro atoms. The van der Waals surface area contributed by atoms with E-state index in [4.69, 9.17) is 23.7 Å². The summed E-state index contributed by atoms with van der Waals surface area (Å²) in [5.74, 6) is -2.22. The number of hydrogen-bond acceptors (Lipinski definition) is 8. The van der Waals surface area contributed by atoms with Crippen molar-refractivity contribution in [2.24, 2.45) is 0 Å². The number of carbonyl (C=O) groups excluding carboxylic acids is 3. The predicted octanol–water partition coefficient (Wildman–Crippen LogP) is 1.43. The monoisotopic (exact) mass is 352 g/mol. The molecule has 2 rings (SSSR count). The highest BCUT2D eigenvalue weighted by atomic mass is 16.8. The second-order valence-corrected chi connectivity index (χ2v) is 5.81. The summed E-state index contributed by atoms with van der Waals surface area (Å²) in [5, 5.41) is 0. The Balaban J connectivity index is 2.06. The van der Waals surface area contributed by atoms with E-state index in [2.05, 4.69) is 0 Å². The highest BCUT2D eigenvalue weighted by molar-refractivity contribution is 5.89. The fraction of sp³-hybridized carbons (Fsp3) is 0.471. The Hall–Kier alpha value is -2.45. The zero-order valence-corrected chi connectivity index (χ0v) is 14.2. The van der Waals surface area contributed by atoms with Gasteiger partial charge in [0, 0.05) is 6.92 Å². The maximum atomic E-state index is 12.0. The summed E-state index contributed by atoms with van der Waals surface area (Å²) >= 11 is 0. The van der Waals surface area contributed by atoms with Gasteiger partial charge in [0.1, 0.15) is 6.61 Å². The molecule has 0 N–H and O–H groups in total. The van der Waals surface area contributed by atoms with E-state index >= 15 is 0 Å². The van der Waals surface area contributed by atoms with Crippen molar-refractivity contribution in [3.63, 3.8) is 0 Å². The molecule has 0 amide bonds. The van der Waals surface area contributed by atoms with Crippen LogP contribution in [0, 0.1) is 0 Å². The molecule has 8 nitrogen and oxygen atoms in total. The van der Waals surface area contributed by atoms with Gasteiger partial charge in [0.05, 0.1) is 5.56 Å². The lowest BCUT2D eigenvalue weighted by molar-refractivity contribution is -0.196. The molecule has 1 aromatic carbocycles. The van der Waals surface area contributed by atoms with Gasteiger partial charge < -0.3 is 23.7 Å². The largest absolute Gasteiger partial charge is 0.458 e. The molecular formula is C17H20O8. The molecule has 1 aliphatic rings. The quantitative estimate of drug-likeness (QED) is 0.413. The van der Waals surface area contributed by atoms with Gasteiger partial charge in [-0.2, -0.15) is 0 Å². The van der Waals surface area contributed by atoms with E-state index in [-0.39, 0.29) is 13.1 Å². The van der Waals surface area contributed by atoms with Gasteiger partial charge >= 0.3 is 11.9 Å². The van der Waals surface area contributed by atoms with Gasteiger partial charge in [-0.1, -0.05) is 18.2 Å². The third kappa shape index (κ3) is 5.27. The van der Waals surface area contributed by atoms with Crippen LogP contribution in [0.4, 0.5) is 0 Å². The molecule has 0 saturated carbocycles. The molecule has 136 valence electrons. The number of benzene rings is 1. The molecule has 3 atom stereocenters. The fourth-order valence-electron chi connectivity index (χ4n) is 2.36. The van der Waals surface area contributed by atoms with Crippen LogP contribution in [0.2, 0.25) is 0 Å². The normalized spacial score (nSPS) is 22.7. The Morgan fingerprint density at radius 1 is 1.24 bits per heavy atom. The standard InChI is InChI=1S/C17H20O8/c1-11(19)23-16-14(24-17(2,3)25-16)13(22-10-18)9-21-15(20)12-7-5-4-6-8-12/h4-8,10,13-14,16H,9H2,1-3H3/t13-,14-,16+/m1/s1. The molecule has 0 aliphatic carbocycles. The smallest absolute Gasteiger partial charge is 0.338 e. The van der Waals surface area contributed by atoms with Crippen molar-refractivity contribution in [3.05, 3.63) is 35.9 Å². The molecule has 1 aromatic rings. The lowest BCUT2D eigenvalue weighted by atomic mass is 10.2. The van der Waals surface area contributed by atoms with Gasteiger partial charge in [0.2, 0.25) is 6.29 Å². The van der Waals surface area contributed by atoms with E-state index in [0.717, 1.165) is 0 Å². The highest BCUT2D eigenvalue weighted by Crippen LogP contribution is 2.31. The first kappa shape index (κ1) is 18.9. The molecule has 1 aliphatic heterocycles. The maximum absolute atomic E-state index is 12.0. The Morgan fingerprint density at radius 2 is 1.92 bits per heavy atom. The van der Waals surface area contributed by atoms with Crippen LogP contribution in [0.1, 0.15) is 31.1 Å². The number of hydrogen-bond donors (Lipinski definition) is 0. The SMILES string of the molecule is CC(=O)O[C@H]1OC(C)(C)O[C@@H]1[C@@H](COC(=O)c1ccccc1)OC=O. The molecule has 8 heteroatoms. The summed E-state index contributed by atoms with van der Waals surface area (Å²) in [6, 6.07) is 8.35. The summed E-state index contributed by atoms with van der Waals surface area (Å²) in [4.78, 5) is 34.1. The van der Waals surface area contributed by atoms with Crippen LogP contribution in [0.15, 0.2) is 30.3 Å². The molecule has 1 saturated heterocycles. The number of ether oxygens (including phenoxy) is 5. The zero-order valence-electron chi connectivity index (χ0n) is 14.2. The van der Waals surface area contributed by atoms with E-state index in [0.29, 0.717) is 5.56 Å². The molecule has 0 radical (unpaired) electrons. The Labute approximate surface area is 144 Å². The summed E-state index contributed by atoms with van der Waals surface area (Å²) < 4.78 is 26.3. The predicted molar refractivity (Wildman–Crippen MR) is 83.3 cm³/mol. The van der Waals surface area contributed by atoms with E-state index in [1.54, 1.807) is 44.2 Å². The maximum Gasteiger partial charge on any atom is 0.338 e. The van der Waals surface area contributed by atoms with Gasteiger partial charge in [0.15, 0.2) is 18.0 Å². The lowest BCUT2D eigenvalue weighted by Gasteiger charge is -2.24. The molecule has 1 heterocycles. The fourth-order valence-corrected chi connectivity index (χ4v) is 2.36. The minimum absolute atomic E-state index is 0.209. The second kappa shape index (κ2) is 8.09. The van der Waals surface area contributed by atoms with Gasteiger partial charge in [0.25, 0.3) is 6.47 Å². The van der Waals surface area contributed by atoms with E-state index in [1.807, 2.05) is 0 Å². The number of rotatable bonds is 7. The van der Waals surface area contributed by atoms with Crippen LogP contribution in [0.3, 0.4) is 0 Å². The van der Waals surface area contributed by atoms with Crippen LogP contribution >= 0.6 is 0 Å². The van der Waals surface area contributed by atoms with Crippen molar-refractivity contribution in [1.82, 2.24) is 0 Å². The summed E-state index contributed by atoms with van der Waals surface area (Å²) in [7, 11) is 0. The first-order valence-electron chi connectivity index (χ1n) is 7.66. The van der Waals surface area contributed by atoms with Crippen LogP contribution in [0.5, 0.6) is 0 Å². The third-order valence-electron chi connectivity index (χ3n) is 3.36. The van der Waals surface area contributed by atoms with Crippen LogP contribution in [0.25, 0.3) is 0 Å². The van der Waals surface area contributed by atoms with Gasteiger partial charge in [-0.15, -0.1) is 0 Å². The summed E-state index contributed by atoms with van der Waals surface area (Å²) in [6.45, 7) is 4.39. The molecule has 1 fully saturated rings. The van der Waals surface area contributed by atoms with Gasteiger partial charge in [-0.05, 0) is 26.0 Å². The van der Waals surface area contributed by atoms with Crippen LogP contribution in [-0.4, -0.2) is 49.3 Å². The van der Waals surface area contributed by atoms with Gasteiger partial charge in [-0.25, -0.2) is 4.79 Å². The highest BCUT2D eigenvalue weighted by Gasteiger charge is 2.48. The van der Waals surface area contributed by atoms with Crippen LogP contribution < -0.4 is 0 Å². The van der Waals surface area contributed by atoms with Crippen molar-refractivity contribution in [2.45, 2.75) is 45.1 Å². The lowest BCUT2D eigenvalue weighted by Crippen LogP contribution is -2.42. The average Bonchev–Trinajstić information content (AvgIpc) is 2.85. The molecular weight excluding hydrogens is 332 g/mol. The van der Waals surface area contributed by atoms with Crippen molar-refractivity contribution in [2.75, 3.05) is 6.61 Å². The zero-order chi connectivity index (χ0) is 18.4. The molecule has 0 unspecified atom stereocenters. The topological polar surface area (TPSA) is 97.4 Å². The first-order chi connectivity index (χ1) is 11.8. The van der Waals surface area contributed by atoms with E-state index < -0.39 is 36.2 Å². The Kier molecular flexibility index (Phi) is 6.11. The van der Waals surface area contributed by atoms with Gasteiger partial charge in [-0.3, -0.25) is 9.59 Å². The van der Waals surface area contributed by atoms with Crippen molar-refractivity contribution in [1.29, 1.82) is 0 Å². The number of carbonyl (C=O) groups is 3. The Morgan fingerprint density at radius 3 is 2.52 bits per heavy atom. The van der Waals surface area contributed by atoms with Crippen molar-refractivity contribution < 1.29 is 38.1 Å². The van der Waals surface area contributed by atoms with Crippen molar-refractivity contribution in [3.8, 4) is 0 Å². The Bertz CT molecular complexity index is 612. The molecule has 0 aromatic heterocycles. The van der Waals surface area contributed by atoms with E-state index in [9.17, 15) is 14.4 Å². The minimum atomic E-state index is -1.09. The third-order valence-corrected chi connectivity index (χ3v) is 3.36. The van der Waals surface area contributed by atoms with Crippen molar-refractivity contribution >= 4 is 18.4 Å². The molecule has 0 bridgehead atoms. The first-order valence-corrected chi connectivity index (χ1v) is 7.66.